The molecule has 0 aliphatic heterocycles. The molecule has 0 aliphatic carbocycles. The summed E-state index contributed by atoms with van der Waals surface area (Å²) in [6.07, 6.45) is 1.56. The number of nitrogens with zero attached hydrogens (tertiary/aromatic N) is 2. The van der Waals surface area contributed by atoms with E-state index < -0.39 is 0 Å². The molecule has 0 unspecified atom stereocenters. The zero-order valence-corrected chi connectivity index (χ0v) is 12.3. The van der Waals surface area contributed by atoms with Crippen molar-refractivity contribution in [1.82, 2.24) is 4.98 Å². The summed E-state index contributed by atoms with van der Waals surface area (Å²) in [7, 11) is 0. The van der Waals surface area contributed by atoms with Gasteiger partial charge in [-0.3, -0.25) is 0 Å². The number of thiazole rings is 1. The fraction of sp³-hybridized carbons (Fsp3) is 0.0769. The third kappa shape index (κ3) is 3.27. The normalized spacial score (nSPS) is 11.2. The first-order valence-electron chi connectivity index (χ1n) is 5.35. The average molecular weight is 310 g/mol. The average Bonchev–Trinajstić information content (AvgIpc) is 2.80. The number of allylic oxidation sites excluding steroid dienone is 1. The lowest BCUT2D eigenvalue weighted by molar-refractivity contribution is 1.24. The van der Waals surface area contributed by atoms with E-state index in [1.54, 1.807) is 24.4 Å². The van der Waals surface area contributed by atoms with E-state index >= 15 is 0 Å². The number of halogens is 2. The summed E-state index contributed by atoms with van der Waals surface area (Å²) in [5, 5.41) is 15.7. The number of benzene rings is 1. The minimum atomic E-state index is 0.439. The molecule has 2 aromatic rings. The van der Waals surface area contributed by atoms with Crippen LogP contribution in [0.5, 0.6) is 0 Å². The molecule has 0 saturated carbocycles. The molecule has 0 spiro atoms. The van der Waals surface area contributed by atoms with Gasteiger partial charge in [0.15, 0.2) is 0 Å². The maximum atomic E-state index is 9.15. The van der Waals surface area contributed by atoms with E-state index in [1.165, 1.54) is 11.3 Å². The molecule has 0 saturated heterocycles. The Morgan fingerprint density at radius 1 is 1.42 bits per heavy atom. The molecule has 1 aromatic carbocycles. The molecule has 0 fully saturated rings. The number of hydrogen-bond donors (Lipinski definition) is 1. The zero-order valence-electron chi connectivity index (χ0n) is 9.95. The van der Waals surface area contributed by atoms with Crippen molar-refractivity contribution in [3.8, 4) is 6.07 Å². The molecule has 3 nitrogen and oxygen atoms in total. The van der Waals surface area contributed by atoms with Gasteiger partial charge in [-0.25, -0.2) is 4.98 Å². The Balaban J connectivity index is 2.28. The molecule has 0 aliphatic rings. The number of nitriles is 1. The number of para-hydroxylation sites is 1. The van der Waals surface area contributed by atoms with Crippen molar-refractivity contribution < 1.29 is 0 Å². The lowest BCUT2D eigenvalue weighted by Gasteiger charge is -2.06. The Morgan fingerprint density at radius 3 is 2.63 bits per heavy atom. The molecule has 0 amide bonds. The van der Waals surface area contributed by atoms with Gasteiger partial charge < -0.3 is 5.32 Å². The van der Waals surface area contributed by atoms with Crippen molar-refractivity contribution in [2.45, 2.75) is 6.92 Å². The third-order valence-corrected chi connectivity index (χ3v) is 3.92. The largest absolute Gasteiger partial charge is 0.358 e. The summed E-state index contributed by atoms with van der Waals surface area (Å²) in [5.41, 5.74) is 1.90. The van der Waals surface area contributed by atoms with Gasteiger partial charge in [-0.05, 0) is 19.1 Å². The molecule has 19 heavy (non-hydrogen) atoms. The lowest BCUT2D eigenvalue weighted by atomic mass is 10.3. The molecular weight excluding hydrogens is 301 g/mol. The summed E-state index contributed by atoms with van der Waals surface area (Å²) in [4.78, 5) is 4.26. The molecule has 1 N–H and O–H groups in total. The predicted octanol–water partition coefficient (Wildman–Crippen LogP) is 4.73. The maximum absolute atomic E-state index is 9.15. The number of aryl methyl sites for hydroxylation is 1. The van der Waals surface area contributed by atoms with Gasteiger partial charge in [0, 0.05) is 17.3 Å². The summed E-state index contributed by atoms with van der Waals surface area (Å²) < 4.78 is 0. The lowest BCUT2D eigenvalue weighted by Crippen LogP contribution is -1.92. The standard InChI is InChI=1S/C13H9Cl2N3S/c1-8-7-19-13(18-8)9(5-16)6-17-12-10(14)3-2-4-11(12)15/h2-4,6-7,17H,1H3/b9-6+. The summed E-state index contributed by atoms with van der Waals surface area (Å²) >= 11 is 13.5. The summed E-state index contributed by atoms with van der Waals surface area (Å²) in [5.74, 6) is 0. The topological polar surface area (TPSA) is 48.7 Å². The Bertz CT molecular complexity index is 651. The van der Waals surface area contributed by atoms with Gasteiger partial charge in [-0.1, -0.05) is 29.3 Å². The van der Waals surface area contributed by atoms with Crippen LogP contribution in [0.25, 0.3) is 5.57 Å². The van der Waals surface area contributed by atoms with Crippen LogP contribution in [-0.4, -0.2) is 4.98 Å². The number of rotatable bonds is 3. The third-order valence-electron chi connectivity index (χ3n) is 2.29. The second kappa shape index (κ2) is 6.07. The second-order valence-electron chi connectivity index (χ2n) is 3.70. The number of anilines is 1. The molecule has 6 heteroatoms. The van der Waals surface area contributed by atoms with E-state index in [4.69, 9.17) is 28.5 Å². The fourth-order valence-corrected chi connectivity index (χ4v) is 2.67. The molecule has 0 radical (unpaired) electrons. The van der Waals surface area contributed by atoms with Crippen LogP contribution in [-0.2, 0) is 0 Å². The van der Waals surface area contributed by atoms with Crippen LogP contribution in [0.2, 0.25) is 10.0 Å². The van der Waals surface area contributed by atoms with E-state index in [0.717, 1.165) is 5.69 Å². The first-order chi connectivity index (χ1) is 9.11. The van der Waals surface area contributed by atoms with Crippen LogP contribution in [0.1, 0.15) is 10.7 Å². The minimum absolute atomic E-state index is 0.439. The van der Waals surface area contributed by atoms with E-state index in [2.05, 4.69) is 16.4 Å². The summed E-state index contributed by atoms with van der Waals surface area (Å²) in [6.45, 7) is 1.88. The Labute approximate surface area is 125 Å². The monoisotopic (exact) mass is 309 g/mol. The van der Waals surface area contributed by atoms with Crippen LogP contribution < -0.4 is 5.32 Å². The summed E-state index contributed by atoms with van der Waals surface area (Å²) in [6, 6.07) is 7.31. The van der Waals surface area contributed by atoms with Crippen LogP contribution in [0.3, 0.4) is 0 Å². The molecule has 0 atom stereocenters. The highest BCUT2D eigenvalue weighted by Gasteiger charge is 2.07. The van der Waals surface area contributed by atoms with Crippen molar-refractivity contribution in [1.29, 1.82) is 5.26 Å². The van der Waals surface area contributed by atoms with Gasteiger partial charge in [0.2, 0.25) is 0 Å². The van der Waals surface area contributed by atoms with E-state index in [1.807, 2.05) is 12.3 Å². The maximum Gasteiger partial charge on any atom is 0.135 e. The van der Waals surface area contributed by atoms with Crippen LogP contribution in [0.4, 0.5) is 5.69 Å². The van der Waals surface area contributed by atoms with Gasteiger partial charge in [0.1, 0.15) is 16.6 Å². The van der Waals surface area contributed by atoms with Crippen molar-refractivity contribution in [2.24, 2.45) is 0 Å². The first-order valence-corrected chi connectivity index (χ1v) is 6.98. The highest BCUT2D eigenvalue weighted by Crippen LogP contribution is 2.30. The molecule has 0 bridgehead atoms. The molecule has 96 valence electrons. The number of hydrogen-bond acceptors (Lipinski definition) is 4. The van der Waals surface area contributed by atoms with Crippen LogP contribution in [0.15, 0.2) is 29.8 Å². The van der Waals surface area contributed by atoms with Crippen LogP contribution in [0, 0.1) is 18.3 Å². The predicted molar refractivity (Wildman–Crippen MR) is 80.5 cm³/mol. The molecule has 1 aromatic heterocycles. The number of nitrogens with one attached hydrogen (secondary N) is 1. The smallest absolute Gasteiger partial charge is 0.135 e. The minimum Gasteiger partial charge on any atom is -0.358 e. The van der Waals surface area contributed by atoms with Crippen molar-refractivity contribution >= 4 is 45.8 Å². The second-order valence-corrected chi connectivity index (χ2v) is 5.38. The highest BCUT2D eigenvalue weighted by molar-refractivity contribution is 7.10. The Morgan fingerprint density at radius 2 is 2.11 bits per heavy atom. The Kier molecular flexibility index (Phi) is 4.43. The molecule has 1 heterocycles. The van der Waals surface area contributed by atoms with E-state index in [0.29, 0.717) is 26.3 Å². The van der Waals surface area contributed by atoms with E-state index in [9.17, 15) is 0 Å². The SMILES string of the molecule is Cc1csc(/C(C#N)=C/Nc2c(Cl)cccc2Cl)n1. The van der Waals surface area contributed by atoms with E-state index in [-0.39, 0.29) is 0 Å². The van der Waals surface area contributed by atoms with Gasteiger partial charge >= 0.3 is 0 Å². The molecule has 2 rings (SSSR count). The first kappa shape index (κ1) is 13.9. The fourth-order valence-electron chi connectivity index (χ4n) is 1.40. The molecular formula is C13H9Cl2N3S. The van der Waals surface area contributed by atoms with Crippen LogP contribution >= 0.6 is 34.5 Å². The van der Waals surface area contributed by atoms with Gasteiger partial charge in [0.25, 0.3) is 0 Å². The highest BCUT2D eigenvalue weighted by atomic mass is 35.5. The quantitative estimate of drug-likeness (QED) is 0.833. The van der Waals surface area contributed by atoms with Gasteiger partial charge in [0.05, 0.1) is 15.7 Å². The number of aromatic nitrogens is 1. The van der Waals surface area contributed by atoms with Crippen molar-refractivity contribution in [3.63, 3.8) is 0 Å². The Hall–Kier alpha value is -1.54. The van der Waals surface area contributed by atoms with Crippen molar-refractivity contribution in [2.75, 3.05) is 5.32 Å². The van der Waals surface area contributed by atoms with Crippen molar-refractivity contribution in [3.05, 3.63) is 50.5 Å². The van der Waals surface area contributed by atoms with Gasteiger partial charge in [-0.2, -0.15) is 5.26 Å². The van der Waals surface area contributed by atoms with Gasteiger partial charge in [-0.15, -0.1) is 11.3 Å². The zero-order chi connectivity index (χ0) is 13.8.